The molecule has 0 amide bonds. The lowest BCUT2D eigenvalue weighted by atomic mass is 10.1. The molecule has 1 heterocycles. The van der Waals surface area contributed by atoms with Crippen LogP contribution in [0.2, 0.25) is 0 Å². The highest BCUT2D eigenvalue weighted by atomic mass is 16.4. The summed E-state index contributed by atoms with van der Waals surface area (Å²) < 4.78 is 5.46. The summed E-state index contributed by atoms with van der Waals surface area (Å²) in [4.78, 5) is 12.8. The molecule has 1 aromatic heterocycles. The van der Waals surface area contributed by atoms with Gasteiger partial charge in [0.2, 0.25) is 0 Å². The smallest absolute Gasteiger partial charge is 0.307 e. The number of carboxylic acids is 1. The number of rotatable bonds is 5. The van der Waals surface area contributed by atoms with E-state index in [1.54, 1.807) is 13.2 Å². The average Bonchev–Trinajstić information content (AvgIpc) is 2.72. The molecule has 0 radical (unpaired) electrons. The second-order valence-corrected chi connectivity index (χ2v) is 4.69. The predicted octanol–water partition coefficient (Wildman–Crippen LogP) is 2.59. The summed E-state index contributed by atoms with van der Waals surface area (Å²) >= 11 is 0. The highest BCUT2D eigenvalue weighted by molar-refractivity contribution is 5.80. The molecule has 96 valence electrons. The molecule has 0 aliphatic rings. The van der Waals surface area contributed by atoms with Crippen molar-refractivity contribution in [1.82, 2.24) is 4.90 Å². The molecule has 0 aliphatic heterocycles. The summed E-state index contributed by atoms with van der Waals surface area (Å²) in [5.41, 5.74) is 1.96. The minimum absolute atomic E-state index is 0.367. The summed E-state index contributed by atoms with van der Waals surface area (Å²) in [6.45, 7) is 2.93. The van der Waals surface area contributed by atoms with Gasteiger partial charge >= 0.3 is 5.97 Å². The SMILES string of the molecule is CC(CN(C)Cc1coc2ccccc12)C(=O)O. The maximum Gasteiger partial charge on any atom is 0.307 e. The van der Waals surface area contributed by atoms with Crippen LogP contribution in [0, 0.1) is 5.92 Å². The summed E-state index contributed by atoms with van der Waals surface area (Å²) in [6, 6.07) is 7.86. The zero-order valence-electron chi connectivity index (χ0n) is 10.6. The molecule has 1 atom stereocenters. The summed E-state index contributed by atoms with van der Waals surface area (Å²) in [5, 5.41) is 9.97. The van der Waals surface area contributed by atoms with Gasteiger partial charge in [-0.3, -0.25) is 4.79 Å². The van der Waals surface area contributed by atoms with Crippen LogP contribution in [-0.2, 0) is 11.3 Å². The van der Waals surface area contributed by atoms with Crippen molar-refractivity contribution in [1.29, 1.82) is 0 Å². The molecule has 0 saturated heterocycles. The first-order valence-corrected chi connectivity index (χ1v) is 5.94. The van der Waals surface area contributed by atoms with E-state index in [0.717, 1.165) is 16.5 Å². The van der Waals surface area contributed by atoms with E-state index in [-0.39, 0.29) is 5.92 Å². The van der Waals surface area contributed by atoms with E-state index in [1.165, 1.54) is 0 Å². The number of furan rings is 1. The fourth-order valence-corrected chi connectivity index (χ4v) is 2.06. The number of benzene rings is 1. The number of para-hydroxylation sites is 1. The van der Waals surface area contributed by atoms with Gasteiger partial charge < -0.3 is 14.4 Å². The van der Waals surface area contributed by atoms with Crippen LogP contribution in [0.25, 0.3) is 11.0 Å². The molecule has 4 heteroatoms. The van der Waals surface area contributed by atoms with Crippen LogP contribution in [-0.4, -0.2) is 29.6 Å². The second-order valence-electron chi connectivity index (χ2n) is 4.69. The molecule has 0 fully saturated rings. The van der Waals surface area contributed by atoms with E-state index >= 15 is 0 Å². The number of hydrogen-bond donors (Lipinski definition) is 1. The third-order valence-corrected chi connectivity index (χ3v) is 3.01. The maximum atomic E-state index is 10.8. The van der Waals surface area contributed by atoms with Gasteiger partial charge in [0.1, 0.15) is 5.58 Å². The lowest BCUT2D eigenvalue weighted by Crippen LogP contribution is -2.28. The fraction of sp³-hybridized carbons (Fsp3) is 0.357. The van der Waals surface area contributed by atoms with Crippen molar-refractivity contribution in [2.24, 2.45) is 5.92 Å². The third kappa shape index (κ3) is 2.71. The molecular formula is C14H17NO3. The number of nitrogens with zero attached hydrogens (tertiary/aromatic N) is 1. The second kappa shape index (κ2) is 5.23. The number of fused-ring (bicyclic) bond motifs is 1. The van der Waals surface area contributed by atoms with Crippen LogP contribution < -0.4 is 0 Å². The number of carbonyl (C=O) groups is 1. The van der Waals surface area contributed by atoms with Crippen LogP contribution in [0.3, 0.4) is 0 Å². The Morgan fingerprint density at radius 2 is 2.17 bits per heavy atom. The van der Waals surface area contributed by atoms with Crippen molar-refractivity contribution in [2.75, 3.05) is 13.6 Å². The highest BCUT2D eigenvalue weighted by Gasteiger charge is 2.15. The minimum atomic E-state index is -0.765. The van der Waals surface area contributed by atoms with Gasteiger partial charge in [0.25, 0.3) is 0 Å². The van der Waals surface area contributed by atoms with Crippen LogP contribution in [0.5, 0.6) is 0 Å². The maximum absolute atomic E-state index is 10.8. The third-order valence-electron chi connectivity index (χ3n) is 3.01. The van der Waals surface area contributed by atoms with Gasteiger partial charge in [-0.05, 0) is 13.1 Å². The van der Waals surface area contributed by atoms with Gasteiger partial charge in [-0.1, -0.05) is 25.1 Å². The predicted molar refractivity (Wildman–Crippen MR) is 69.3 cm³/mol. The Morgan fingerprint density at radius 3 is 2.89 bits per heavy atom. The van der Waals surface area contributed by atoms with E-state index < -0.39 is 5.97 Å². The van der Waals surface area contributed by atoms with Gasteiger partial charge in [-0.25, -0.2) is 0 Å². The number of aliphatic carboxylic acids is 1. The Morgan fingerprint density at radius 1 is 1.44 bits per heavy atom. The monoisotopic (exact) mass is 247 g/mol. The molecule has 1 N–H and O–H groups in total. The number of carboxylic acid groups (broad SMARTS) is 1. The average molecular weight is 247 g/mol. The molecule has 0 saturated carbocycles. The lowest BCUT2D eigenvalue weighted by Gasteiger charge is -2.18. The van der Waals surface area contributed by atoms with Crippen molar-refractivity contribution < 1.29 is 14.3 Å². The standard InChI is InChI=1S/C14H17NO3/c1-10(14(16)17)7-15(2)8-11-9-18-13-6-4-3-5-12(11)13/h3-6,9-10H,7-8H2,1-2H3,(H,16,17). The Bertz CT molecular complexity index is 547. The Labute approximate surface area is 106 Å². The molecular weight excluding hydrogens is 230 g/mol. The first-order chi connectivity index (χ1) is 8.58. The largest absolute Gasteiger partial charge is 0.481 e. The van der Waals surface area contributed by atoms with E-state index in [2.05, 4.69) is 0 Å². The van der Waals surface area contributed by atoms with E-state index in [1.807, 2.05) is 36.2 Å². The van der Waals surface area contributed by atoms with Crippen molar-refractivity contribution in [2.45, 2.75) is 13.5 Å². The quantitative estimate of drug-likeness (QED) is 0.882. The van der Waals surface area contributed by atoms with Gasteiger partial charge in [0.05, 0.1) is 12.2 Å². The van der Waals surface area contributed by atoms with Crippen LogP contribution in [0.1, 0.15) is 12.5 Å². The summed E-state index contributed by atoms with van der Waals surface area (Å²) in [5.74, 6) is -1.13. The molecule has 0 aliphatic carbocycles. The van der Waals surface area contributed by atoms with Gasteiger partial charge in [-0.15, -0.1) is 0 Å². The zero-order valence-corrected chi connectivity index (χ0v) is 10.6. The normalized spacial score (nSPS) is 13.1. The molecule has 0 spiro atoms. The fourth-order valence-electron chi connectivity index (χ4n) is 2.06. The first kappa shape index (κ1) is 12.6. The molecule has 4 nitrogen and oxygen atoms in total. The van der Waals surface area contributed by atoms with Crippen molar-refractivity contribution >= 4 is 16.9 Å². The first-order valence-electron chi connectivity index (χ1n) is 5.94. The summed E-state index contributed by atoms with van der Waals surface area (Å²) in [7, 11) is 1.92. The Balaban J connectivity index is 2.07. The van der Waals surface area contributed by atoms with E-state index in [0.29, 0.717) is 13.1 Å². The number of hydrogen-bond acceptors (Lipinski definition) is 3. The molecule has 0 bridgehead atoms. The van der Waals surface area contributed by atoms with Gasteiger partial charge in [0, 0.05) is 24.0 Å². The Kier molecular flexibility index (Phi) is 3.67. The zero-order chi connectivity index (χ0) is 13.1. The van der Waals surface area contributed by atoms with Crippen LogP contribution in [0.4, 0.5) is 0 Å². The van der Waals surface area contributed by atoms with Crippen molar-refractivity contribution in [3.05, 3.63) is 36.1 Å². The van der Waals surface area contributed by atoms with Crippen LogP contribution in [0.15, 0.2) is 34.9 Å². The highest BCUT2D eigenvalue weighted by Crippen LogP contribution is 2.21. The molecule has 18 heavy (non-hydrogen) atoms. The topological polar surface area (TPSA) is 53.7 Å². The summed E-state index contributed by atoms with van der Waals surface area (Å²) in [6.07, 6.45) is 1.74. The molecule has 1 aromatic carbocycles. The lowest BCUT2D eigenvalue weighted by molar-refractivity contribution is -0.141. The molecule has 2 aromatic rings. The molecule has 2 rings (SSSR count). The molecule has 1 unspecified atom stereocenters. The van der Waals surface area contributed by atoms with E-state index in [4.69, 9.17) is 9.52 Å². The minimum Gasteiger partial charge on any atom is -0.481 e. The van der Waals surface area contributed by atoms with Crippen LogP contribution >= 0.6 is 0 Å². The van der Waals surface area contributed by atoms with Gasteiger partial charge in [0.15, 0.2) is 0 Å². The van der Waals surface area contributed by atoms with Crippen molar-refractivity contribution in [3.8, 4) is 0 Å². The van der Waals surface area contributed by atoms with E-state index in [9.17, 15) is 4.79 Å². The van der Waals surface area contributed by atoms with Crippen molar-refractivity contribution in [3.63, 3.8) is 0 Å². The Hall–Kier alpha value is -1.81. The van der Waals surface area contributed by atoms with Gasteiger partial charge in [-0.2, -0.15) is 0 Å².